The number of rotatable bonds is 6. The first-order valence-corrected chi connectivity index (χ1v) is 10.1. The van der Waals surface area contributed by atoms with Crippen LogP contribution < -0.4 is 10.6 Å². The highest BCUT2D eigenvalue weighted by atomic mass is 127. The Morgan fingerprint density at radius 2 is 2.04 bits per heavy atom. The summed E-state index contributed by atoms with van der Waals surface area (Å²) in [6.45, 7) is 0. The van der Waals surface area contributed by atoms with Crippen LogP contribution in [0.15, 0.2) is 48.0 Å². The third kappa shape index (κ3) is 4.55. The molecule has 0 bridgehead atoms. The average Bonchev–Trinajstić information content (AvgIpc) is 3.10. The lowest BCUT2D eigenvalue weighted by atomic mass is 10.1. The van der Waals surface area contributed by atoms with Gasteiger partial charge in [-0.1, -0.05) is 46.9 Å². The van der Waals surface area contributed by atoms with Gasteiger partial charge in [0.1, 0.15) is 5.82 Å². The van der Waals surface area contributed by atoms with E-state index in [-0.39, 0.29) is 5.91 Å². The number of alkyl halides is 1. The fourth-order valence-corrected chi connectivity index (χ4v) is 3.87. The van der Waals surface area contributed by atoms with E-state index in [1.165, 1.54) is 16.9 Å². The molecule has 0 saturated heterocycles. The van der Waals surface area contributed by atoms with Gasteiger partial charge in [-0.15, -0.1) is 11.3 Å². The number of nitrogens with one attached hydrogen (secondary N) is 2. The van der Waals surface area contributed by atoms with Crippen molar-refractivity contribution in [2.75, 3.05) is 17.7 Å². The molecule has 25 heavy (non-hydrogen) atoms. The van der Waals surface area contributed by atoms with Crippen LogP contribution >= 0.6 is 33.9 Å². The first kappa shape index (κ1) is 17.8. The minimum absolute atomic E-state index is 0.0520. The summed E-state index contributed by atoms with van der Waals surface area (Å²) in [5, 5.41) is 8.44. The van der Waals surface area contributed by atoms with Crippen LogP contribution in [0.3, 0.4) is 0 Å². The molecule has 7 heteroatoms. The van der Waals surface area contributed by atoms with Gasteiger partial charge in [-0.05, 0) is 23.3 Å². The molecule has 0 aliphatic heterocycles. The van der Waals surface area contributed by atoms with E-state index in [4.69, 9.17) is 0 Å². The number of pyridine rings is 1. The van der Waals surface area contributed by atoms with Crippen LogP contribution in [0.4, 0.5) is 10.9 Å². The highest BCUT2D eigenvalue weighted by Crippen LogP contribution is 2.26. The standard InChI is InChI=1S/C18H17IN4OS/c1-20-16-8-13(6-7-21-16)15-11-25-18(22-15)23-17(24)9-12-4-2-3-5-14(12)10-19/h2-8,11H,9-10H2,1H3,(H,20,21)(H,22,23,24). The van der Waals surface area contributed by atoms with Crippen molar-refractivity contribution < 1.29 is 4.79 Å². The highest BCUT2D eigenvalue weighted by Gasteiger charge is 2.11. The first-order valence-electron chi connectivity index (χ1n) is 7.72. The number of thiazole rings is 1. The van der Waals surface area contributed by atoms with Crippen LogP contribution in [0, 0.1) is 0 Å². The lowest BCUT2D eigenvalue weighted by molar-refractivity contribution is -0.115. The number of halogens is 1. The van der Waals surface area contributed by atoms with Crippen LogP contribution in [0.2, 0.25) is 0 Å². The molecular weight excluding hydrogens is 447 g/mol. The summed E-state index contributed by atoms with van der Waals surface area (Å²) in [7, 11) is 1.83. The number of benzene rings is 1. The van der Waals surface area contributed by atoms with Gasteiger partial charge in [0, 0.05) is 28.6 Å². The maximum absolute atomic E-state index is 12.3. The van der Waals surface area contributed by atoms with Crippen LogP contribution in [0.1, 0.15) is 11.1 Å². The fraction of sp³-hybridized carbons (Fsp3) is 0.167. The molecule has 5 nitrogen and oxygen atoms in total. The summed E-state index contributed by atoms with van der Waals surface area (Å²) in [4.78, 5) is 21.0. The van der Waals surface area contributed by atoms with Gasteiger partial charge in [0.2, 0.25) is 5.91 Å². The number of carbonyl (C=O) groups is 1. The van der Waals surface area contributed by atoms with E-state index in [0.717, 1.165) is 27.1 Å². The van der Waals surface area contributed by atoms with E-state index in [0.29, 0.717) is 11.6 Å². The summed E-state index contributed by atoms with van der Waals surface area (Å²) in [6, 6.07) is 11.8. The molecular formula is C18H17IN4OS. The van der Waals surface area contributed by atoms with E-state index in [1.54, 1.807) is 6.20 Å². The third-order valence-corrected chi connectivity index (χ3v) is 5.26. The summed E-state index contributed by atoms with van der Waals surface area (Å²) >= 11 is 3.73. The smallest absolute Gasteiger partial charge is 0.230 e. The van der Waals surface area contributed by atoms with Crippen molar-refractivity contribution in [3.8, 4) is 11.3 Å². The van der Waals surface area contributed by atoms with Gasteiger partial charge in [0.25, 0.3) is 0 Å². The molecule has 0 fully saturated rings. The van der Waals surface area contributed by atoms with Gasteiger partial charge in [-0.2, -0.15) is 0 Å². The first-order chi connectivity index (χ1) is 12.2. The molecule has 0 radical (unpaired) electrons. The van der Waals surface area contributed by atoms with Crippen LogP contribution in [0.25, 0.3) is 11.3 Å². The van der Waals surface area contributed by atoms with Crippen LogP contribution in [-0.4, -0.2) is 22.9 Å². The van der Waals surface area contributed by atoms with E-state index >= 15 is 0 Å². The number of hydrogen-bond donors (Lipinski definition) is 2. The normalized spacial score (nSPS) is 10.5. The zero-order valence-corrected chi connectivity index (χ0v) is 16.6. The number of hydrogen-bond acceptors (Lipinski definition) is 5. The minimum Gasteiger partial charge on any atom is -0.373 e. The number of carbonyl (C=O) groups excluding carboxylic acids is 1. The molecule has 2 N–H and O–H groups in total. The average molecular weight is 464 g/mol. The second-order valence-corrected chi connectivity index (χ2v) is 6.97. The van der Waals surface area contributed by atoms with Gasteiger partial charge in [0.15, 0.2) is 5.13 Å². The molecule has 0 aliphatic rings. The SMILES string of the molecule is CNc1cc(-c2csc(NC(=O)Cc3ccccc3CI)n2)ccn1. The Labute approximate surface area is 164 Å². The van der Waals surface area contributed by atoms with Crippen molar-refractivity contribution >= 4 is 50.8 Å². The minimum atomic E-state index is -0.0520. The maximum Gasteiger partial charge on any atom is 0.230 e. The summed E-state index contributed by atoms with van der Waals surface area (Å²) < 4.78 is 0.887. The third-order valence-electron chi connectivity index (χ3n) is 3.68. The lowest BCUT2D eigenvalue weighted by Gasteiger charge is -2.06. The molecule has 0 spiro atoms. The quantitative estimate of drug-likeness (QED) is 0.420. The van der Waals surface area contributed by atoms with Crippen molar-refractivity contribution in [1.29, 1.82) is 0 Å². The van der Waals surface area contributed by atoms with Crippen molar-refractivity contribution in [2.45, 2.75) is 10.8 Å². The van der Waals surface area contributed by atoms with E-state index in [9.17, 15) is 4.79 Å². The molecule has 1 aromatic carbocycles. The molecule has 0 unspecified atom stereocenters. The number of aromatic nitrogens is 2. The van der Waals surface area contributed by atoms with E-state index < -0.39 is 0 Å². The molecule has 2 aromatic heterocycles. The number of amides is 1. The Bertz CT molecular complexity index is 881. The van der Waals surface area contributed by atoms with Gasteiger partial charge < -0.3 is 10.6 Å². The summed E-state index contributed by atoms with van der Waals surface area (Å²) in [5.41, 5.74) is 4.03. The van der Waals surface area contributed by atoms with Crippen molar-refractivity contribution in [1.82, 2.24) is 9.97 Å². The Morgan fingerprint density at radius 1 is 1.24 bits per heavy atom. The topological polar surface area (TPSA) is 66.9 Å². The second kappa shape index (κ2) is 8.39. The molecule has 0 saturated carbocycles. The van der Waals surface area contributed by atoms with Crippen molar-refractivity contribution in [2.24, 2.45) is 0 Å². The Morgan fingerprint density at radius 3 is 2.80 bits per heavy atom. The monoisotopic (exact) mass is 464 g/mol. The van der Waals surface area contributed by atoms with Gasteiger partial charge in [-0.3, -0.25) is 4.79 Å². The zero-order valence-electron chi connectivity index (χ0n) is 13.6. The van der Waals surface area contributed by atoms with Crippen LogP contribution in [0.5, 0.6) is 0 Å². The highest BCUT2D eigenvalue weighted by molar-refractivity contribution is 14.1. The zero-order chi connectivity index (χ0) is 17.6. The van der Waals surface area contributed by atoms with Crippen molar-refractivity contribution in [3.63, 3.8) is 0 Å². The van der Waals surface area contributed by atoms with E-state index in [2.05, 4.69) is 49.3 Å². The summed E-state index contributed by atoms with van der Waals surface area (Å²) in [5.74, 6) is 0.732. The lowest BCUT2D eigenvalue weighted by Crippen LogP contribution is -2.15. The predicted molar refractivity (Wildman–Crippen MR) is 111 cm³/mol. The van der Waals surface area contributed by atoms with E-state index in [1.807, 2.05) is 42.8 Å². The molecule has 1 amide bonds. The molecule has 0 atom stereocenters. The molecule has 128 valence electrons. The fourth-order valence-electron chi connectivity index (χ4n) is 2.39. The Kier molecular flexibility index (Phi) is 5.98. The second-order valence-electron chi connectivity index (χ2n) is 5.34. The van der Waals surface area contributed by atoms with Gasteiger partial charge in [0.05, 0.1) is 12.1 Å². The van der Waals surface area contributed by atoms with Gasteiger partial charge >= 0.3 is 0 Å². The Hall–Kier alpha value is -2.00. The number of nitrogens with zero attached hydrogens (tertiary/aromatic N) is 2. The molecule has 2 heterocycles. The van der Waals surface area contributed by atoms with Crippen LogP contribution in [-0.2, 0) is 15.6 Å². The summed E-state index contributed by atoms with van der Waals surface area (Å²) in [6.07, 6.45) is 2.09. The molecule has 3 aromatic rings. The molecule has 0 aliphatic carbocycles. The maximum atomic E-state index is 12.3. The van der Waals surface area contributed by atoms with Gasteiger partial charge in [-0.25, -0.2) is 9.97 Å². The largest absolute Gasteiger partial charge is 0.373 e. The predicted octanol–water partition coefficient (Wildman–Crippen LogP) is 4.36. The van der Waals surface area contributed by atoms with Crippen molar-refractivity contribution in [3.05, 3.63) is 59.1 Å². The number of anilines is 2. The molecule has 3 rings (SSSR count). The Balaban J connectivity index is 1.69.